The van der Waals surface area contributed by atoms with Gasteiger partial charge in [0.25, 0.3) is 0 Å². The van der Waals surface area contributed by atoms with Crippen LogP contribution in [0.2, 0.25) is 0 Å². The lowest BCUT2D eigenvalue weighted by atomic mass is 10.00. The summed E-state index contributed by atoms with van der Waals surface area (Å²) in [5, 5.41) is 0. The van der Waals surface area contributed by atoms with Gasteiger partial charge in [0.15, 0.2) is 5.65 Å². The molecule has 80 valence electrons. The van der Waals surface area contributed by atoms with Crippen LogP contribution in [-0.2, 0) is 0 Å². The van der Waals surface area contributed by atoms with Gasteiger partial charge in [0.05, 0.1) is 11.6 Å². The molecular weight excluding hydrogens is 188 g/mol. The number of nitrogens with one attached hydrogen (secondary N) is 1. The van der Waals surface area contributed by atoms with Crippen LogP contribution in [0.3, 0.4) is 0 Å². The van der Waals surface area contributed by atoms with Crippen LogP contribution < -0.4 is 5.73 Å². The molecule has 0 saturated heterocycles. The molecule has 2 heterocycles. The first-order valence-electron chi connectivity index (χ1n) is 5.28. The zero-order chi connectivity index (χ0) is 10.8. The molecule has 0 amide bonds. The Kier molecular flexibility index (Phi) is 2.68. The van der Waals surface area contributed by atoms with Crippen molar-refractivity contribution >= 4 is 11.2 Å². The van der Waals surface area contributed by atoms with Gasteiger partial charge in [-0.3, -0.25) is 0 Å². The average Bonchev–Trinajstić information content (AvgIpc) is 2.70. The zero-order valence-corrected chi connectivity index (χ0v) is 9.07. The van der Waals surface area contributed by atoms with Gasteiger partial charge in [0, 0.05) is 6.20 Å². The number of imidazole rings is 1. The number of nitrogens with two attached hydrogens (primary N) is 1. The number of fused-ring (bicyclic) bond motifs is 1. The lowest BCUT2D eigenvalue weighted by molar-refractivity contribution is 0.442. The number of nitrogens with zero attached hydrogens (tertiary/aromatic N) is 2. The molecule has 2 atom stereocenters. The minimum Gasteiger partial charge on any atom is -0.339 e. The van der Waals surface area contributed by atoms with Crippen molar-refractivity contribution in [3.05, 3.63) is 24.2 Å². The largest absolute Gasteiger partial charge is 0.339 e. The first-order chi connectivity index (χ1) is 7.22. The Labute approximate surface area is 88.9 Å². The fourth-order valence-electron chi connectivity index (χ4n) is 1.54. The molecule has 0 aliphatic carbocycles. The minimum atomic E-state index is -0.0378. The molecule has 2 rings (SSSR count). The predicted molar refractivity (Wildman–Crippen MR) is 60.3 cm³/mol. The van der Waals surface area contributed by atoms with E-state index in [1.54, 1.807) is 6.20 Å². The maximum absolute atomic E-state index is 6.09. The third-order valence-electron chi connectivity index (χ3n) is 2.85. The molecule has 15 heavy (non-hydrogen) atoms. The van der Waals surface area contributed by atoms with Crippen LogP contribution in [-0.4, -0.2) is 15.0 Å². The van der Waals surface area contributed by atoms with Gasteiger partial charge < -0.3 is 10.7 Å². The molecule has 0 aromatic carbocycles. The van der Waals surface area contributed by atoms with Gasteiger partial charge in [-0.2, -0.15) is 0 Å². The summed E-state index contributed by atoms with van der Waals surface area (Å²) in [6, 6.07) is 3.81. The fourth-order valence-corrected chi connectivity index (χ4v) is 1.54. The van der Waals surface area contributed by atoms with Crippen LogP contribution in [0.1, 0.15) is 32.1 Å². The van der Waals surface area contributed by atoms with E-state index in [4.69, 9.17) is 5.73 Å². The molecule has 2 aromatic heterocycles. The van der Waals surface area contributed by atoms with E-state index in [9.17, 15) is 0 Å². The van der Waals surface area contributed by atoms with E-state index in [0.29, 0.717) is 5.92 Å². The van der Waals surface area contributed by atoms with Gasteiger partial charge in [-0.05, 0) is 18.1 Å². The lowest BCUT2D eigenvalue weighted by Crippen LogP contribution is -2.19. The molecule has 3 N–H and O–H groups in total. The highest BCUT2D eigenvalue weighted by Crippen LogP contribution is 2.20. The Hall–Kier alpha value is -1.42. The molecule has 4 nitrogen and oxygen atoms in total. The molecule has 2 aromatic rings. The Morgan fingerprint density at radius 1 is 1.53 bits per heavy atom. The smallest absolute Gasteiger partial charge is 0.177 e. The second kappa shape index (κ2) is 3.98. The quantitative estimate of drug-likeness (QED) is 0.803. The van der Waals surface area contributed by atoms with E-state index in [2.05, 4.69) is 28.8 Å². The van der Waals surface area contributed by atoms with Crippen LogP contribution in [0, 0.1) is 5.92 Å². The number of rotatable bonds is 3. The SMILES string of the molecule is CCC(C)C(N)c1nc2ncccc2[nH]1. The first kappa shape index (κ1) is 10.1. The Balaban J connectivity index is 2.36. The van der Waals surface area contributed by atoms with Crippen molar-refractivity contribution < 1.29 is 0 Å². The van der Waals surface area contributed by atoms with E-state index in [1.165, 1.54) is 0 Å². The molecule has 0 aliphatic rings. The van der Waals surface area contributed by atoms with Crippen LogP contribution in [0.5, 0.6) is 0 Å². The van der Waals surface area contributed by atoms with Crippen molar-refractivity contribution in [2.24, 2.45) is 11.7 Å². The summed E-state index contributed by atoms with van der Waals surface area (Å²) in [5.41, 5.74) is 7.78. The van der Waals surface area contributed by atoms with E-state index < -0.39 is 0 Å². The van der Waals surface area contributed by atoms with Crippen LogP contribution >= 0.6 is 0 Å². The number of pyridine rings is 1. The second-order valence-electron chi connectivity index (χ2n) is 3.91. The monoisotopic (exact) mass is 204 g/mol. The van der Waals surface area contributed by atoms with Gasteiger partial charge in [0.2, 0.25) is 0 Å². The molecule has 0 aliphatic heterocycles. The van der Waals surface area contributed by atoms with Crippen molar-refractivity contribution in [3.8, 4) is 0 Å². The summed E-state index contributed by atoms with van der Waals surface area (Å²) in [6.45, 7) is 4.26. The van der Waals surface area contributed by atoms with Crippen molar-refractivity contribution in [2.75, 3.05) is 0 Å². The van der Waals surface area contributed by atoms with Gasteiger partial charge in [-0.15, -0.1) is 0 Å². The third kappa shape index (κ3) is 1.85. The molecule has 0 spiro atoms. The molecule has 2 unspecified atom stereocenters. The third-order valence-corrected chi connectivity index (χ3v) is 2.85. The van der Waals surface area contributed by atoms with Crippen LogP contribution in [0.4, 0.5) is 0 Å². The molecule has 4 heteroatoms. The molecule has 0 fully saturated rings. The number of aromatic nitrogens is 3. The standard InChI is InChI=1S/C11H16N4/c1-3-7(2)9(12)11-14-8-5-4-6-13-10(8)15-11/h4-7,9H,3,12H2,1-2H3,(H,13,14,15). The topological polar surface area (TPSA) is 67.6 Å². The maximum atomic E-state index is 6.09. The van der Waals surface area contributed by atoms with Gasteiger partial charge in [-0.1, -0.05) is 20.3 Å². The van der Waals surface area contributed by atoms with E-state index in [0.717, 1.165) is 23.4 Å². The average molecular weight is 204 g/mol. The minimum absolute atomic E-state index is 0.0378. The molecule has 0 bridgehead atoms. The Morgan fingerprint density at radius 3 is 3.00 bits per heavy atom. The Morgan fingerprint density at radius 2 is 2.33 bits per heavy atom. The highest BCUT2D eigenvalue weighted by Gasteiger charge is 2.16. The van der Waals surface area contributed by atoms with Gasteiger partial charge >= 0.3 is 0 Å². The van der Waals surface area contributed by atoms with Crippen molar-refractivity contribution in [2.45, 2.75) is 26.3 Å². The number of aromatic amines is 1. The number of hydrogen-bond acceptors (Lipinski definition) is 3. The molecular formula is C11H16N4. The number of hydrogen-bond donors (Lipinski definition) is 2. The van der Waals surface area contributed by atoms with Crippen LogP contribution in [0.15, 0.2) is 18.3 Å². The van der Waals surface area contributed by atoms with Crippen molar-refractivity contribution in [1.82, 2.24) is 15.0 Å². The maximum Gasteiger partial charge on any atom is 0.177 e. The summed E-state index contributed by atoms with van der Waals surface area (Å²) >= 11 is 0. The highest BCUT2D eigenvalue weighted by molar-refractivity contribution is 5.69. The van der Waals surface area contributed by atoms with E-state index in [-0.39, 0.29) is 6.04 Å². The van der Waals surface area contributed by atoms with E-state index in [1.807, 2.05) is 12.1 Å². The first-order valence-corrected chi connectivity index (χ1v) is 5.28. The van der Waals surface area contributed by atoms with Gasteiger partial charge in [-0.25, -0.2) is 9.97 Å². The van der Waals surface area contributed by atoms with Crippen molar-refractivity contribution in [1.29, 1.82) is 0 Å². The lowest BCUT2D eigenvalue weighted by Gasteiger charge is -2.15. The van der Waals surface area contributed by atoms with Crippen LogP contribution in [0.25, 0.3) is 11.2 Å². The normalized spacial score (nSPS) is 15.4. The Bertz CT molecular complexity index is 416. The predicted octanol–water partition coefficient (Wildman–Crippen LogP) is 2.00. The fraction of sp³-hybridized carbons (Fsp3) is 0.455. The number of H-pyrrole nitrogens is 1. The zero-order valence-electron chi connectivity index (χ0n) is 9.07. The summed E-state index contributed by atoms with van der Waals surface area (Å²) in [6.07, 6.45) is 2.79. The van der Waals surface area contributed by atoms with Crippen molar-refractivity contribution in [3.63, 3.8) is 0 Å². The molecule has 0 saturated carbocycles. The second-order valence-corrected chi connectivity index (χ2v) is 3.91. The summed E-state index contributed by atoms with van der Waals surface area (Å²) < 4.78 is 0. The van der Waals surface area contributed by atoms with Gasteiger partial charge in [0.1, 0.15) is 5.82 Å². The summed E-state index contributed by atoms with van der Waals surface area (Å²) in [7, 11) is 0. The highest BCUT2D eigenvalue weighted by atomic mass is 15.0. The summed E-state index contributed by atoms with van der Waals surface area (Å²) in [5.74, 6) is 1.25. The molecule has 0 radical (unpaired) electrons. The summed E-state index contributed by atoms with van der Waals surface area (Å²) in [4.78, 5) is 11.8. The van der Waals surface area contributed by atoms with E-state index >= 15 is 0 Å².